The molecule has 0 radical (unpaired) electrons. The highest BCUT2D eigenvalue weighted by atomic mass is 32.2. The van der Waals surface area contributed by atoms with Crippen LogP contribution in [0, 0.1) is 0 Å². The molecule has 0 bridgehead atoms. The van der Waals surface area contributed by atoms with Crippen molar-refractivity contribution in [1.82, 2.24) is 4.72 Å². The Bertz CT molecular complexity index is 545. The Balaban J connectivity index is 1.98. The minimum atomic E-state index is -3.47. The Labute approximate surface area is 126 Å². The number of benzene rings is 1. The molecule has 0 aromatic heterocycles. The van der Waals surface area contributed by atoms with Gasteiger partial charge in [-0.1, -0.05) is 12.1 Å². The molecule has 0 saturated heterocycles. The van der Waals surface area contributed by atoms with Gasteiger partial charge in [-0.25, -0.2) is 13.1 Å². The van der Waals surface area contributed by atoms with E-state index in [1.54, 1.807) is 19.2 Å². The van der Waals surface area contributed by atoms with Gasteiger partial charge < -0.3 is 10.5 Å². The van der Waals surface area contributed by atoms with Crippen LogP contribution in [-0.4, -0.2) is 34.2 Å². The van der Waals surface area contributed by atoms with E-state index < -0.39 is 10.0 Å². The predicted molar refractivity (Wildman–Crippen MR) is 82.6 cm³/mol. The summed E-state index contributed by atoms with van der Waals surface area (Å²) in [5.41, 5.74) is 6.26. The summed E-state index contributed by atoms with van der Waals surface area (Å²) in [6, 6.07) is 6.99. The van der Waals surface area contributed by atoms with E-state index in [9.17, 15) is 8.42 Å². The number of methoxy groups -OCH3 is 1. The summed E-state index contributed by atoms with van der Waals surface area (Å²) in [5, 5.41) is 0. The lowest BCUT2D eigenvalue weighted by Gasteiger charge is -2.40. The fourth-order valence-corrected chi connectivity index (χ4v) is 3.59. The Morgan fingerprint density at radius 2 is 1.95 bits per heavy atom. The van der Waals surface area contributed by atoms with E-state index in [4.69, 9.17) is 10.5 Å². The van der Waals surface area contributed by atoms with Crippen molar-refractivity contribution >= 4 is 10.0 Å². The third-order valence-corrected chi connectivity index (χ3v) is 5.60. The average Bonchev–Trinajstić information content (AvgIpc) is 2.45. The van der Waals surface area contributed by atoms with Crippen molar-refractivity contribution < 1.29 is 13.2 Å². The van der Waals surface area contributed by atoms with Crippen LogP contribution in [0.15, 0.2) is 29.2 Å². The van der Waals surface area contributed by atoms with Gasteiger partial charge in [0.15, 0.2) is 0 Å². The molecule has 0 atom stereocenters. The first-order chi connectivity index (χ1) is 10.0. The van der Waals surface area contributed by atoms with E-state index in [-0.39, 0.29) is 5.60 Å². The number of nitrogens with two attached hydrogens (primary N) is 1. The molecule has 21 heavy (non-hydrogen) atoms. The van der Waals surface area contributed by atoms with E-state index in [1.165, 1.54) is 0 Å². The Kier molecular flexibility index (Phi) is 5.37. The maximum atomic E-state index is 12.3. The van der Waals surface area contributed by atoms with Crippen molar-refractivity contribution in [3.05, 3.63) is 29.8 Å². The van der Waals surface area contributed by atoms with Crippen molar-refractivity contribution in [2.45, 2.75) is 42.6 Å². The van der Waals surface area contributed by atoms with Gasteiger partial charge in [0.2, 0.25) is 10.0 Å². The molecule has 2 rings (SSSR count). The molecule has 1 fully saturated rings. The summed E-state index contributed by atoms with van der Waals surface area (Å²) in [5.74, 6) is 0. The number of ether oxygens (including phenoxy) is 1. The Morgan fingerprint density at radius 1 is 1.29 bits per heavy atom. The van der Waals surface area contributed by atoms with Crippen LogP contribution in [0.25, 0.3) is 0 Å². The second kappa shape index (κ2) is 6.87. The minimum Gasteiger partial charge on any atom is -0.377 e. The molecular weight excluding hydrogens is 288 g/mol. The van der Waals surface area contributed by atoms with Gasteiger partial charge >= 0.3 is 0 Å². The van der Waals surface area contributed by atoms with Crippen LogP contribution in [0.1, 0.15) is 31.2 Å². The molecule has 6 heteroatoms. The first kappa shape index (κ1) is 16.4. The third-order valence-electron chi connectivity index (χ3n) is 4.19. The van der Waals surface area contributed by atoms with Gasteiger partial charge in [-0.05, 0) is 56.3 Å². The molecule has 118 valence electrons. The van der Waals surface area contributed by atoms with Crippen LogP contribution < -0.4 is 10.5 Å². The Morgan fingerprint density at radius 3 is 2.43 bits per heavy atom. The van der Waals surface area contributed by atoms with Gasteiger partial charge in [0, 0.05) is 13.7 Å². The van der Waals surface area contributed by atoms with Crippen molar-refractivity contribution in [3.8, 4) is 0 Å². The molecule has 5 nitrogen and oxygen atoms in total. The van der Waals surface area contributed by atoms with Crippen LogP contribution in [0.3, 0.4) is 0 Å². The zero-order valence-corrected chi connectivity index (χ0v) is 13.3. The Hall–Kier alpha value is -0.950. The fraction of sp³-hybridized carbons (Fsp3) is 0.600. The second-order valence-electron chi connectivity index (χ2n) is 5.60. The van der Waals surface area contributed by atoms with E-state index in [0.717, 1.165) is 37.7 Å². The zero-order valence-electron chi connectivity index (χ0n) is 12.5. The van der Waals surface area contributed by atoms with Gasteiger partial charge in [-0.3, -0.25) is 0 Å². The quantitative estimate of drug-likeness (QED) is 0.761. The highest BCUT2D eigenvalue weighted by molar-refractivity contribution is 7.89. The summed E-state index contributed by atoms with van der Waals surface area (Å²) in [6.07, 6.45) is 4.68. The van der Waals surface area contributed by atoms with Crippen LogP contribution in [-0.2, 0) is 21.2 Å². The number of rotatable bonds is 8. The first-order valence-electron chi connectivity index (χ1n) is 7.35. The van der Waals surface area contributed by atoms with Crippen LogP contribution in [0.4, 0.5) is 0 Å². The smallest absolute Gasteiger partial charge is 0.240 e. The van der Waals surface area contributed by atoms with Crippen LogP contribution in [0.2, 0.25) is 0 Å². The summed E-state index contributed by atoms with van der Waals surface area (Å²) >= 11 is 0. The number of aryl methyl sites for hydroxylation is 1. The maximum Gasteiger partial charge on any atom is 0.240 e. The fourth-order valence-electron chi connectivity index (χ4n) is 2.48. The number of nitrogens with one attached hydrogen (secondary N) is 1. The molecule has 1 saturated carbocycles. The monoisotopic (exact) mass is 312 g/mol. The third kappa shape index (κ3) is 4.03. The first-order valence-corrected chi connectivity index (χ1v) is 8.83. The molecule has 3 N–H and O–H groups in total. The second-order valence-corrected chi connectivity index (χ2v) is 7.37. The number of hydrogen-bond donors (Lipinski definition) is 2. The van der Waals surface area contributed by atoms with Crippen molar-refractivity contribution in [2.75, 3.05) is 20.2 Å². The van der Waals surface area contributed by atoms with E-state index in [2.05, 4.69) is 4.72 Å². The maximum absolute atomic E-state index is 12.3. The van der Waals surface area contributed by atoms with E-state index >= 15 is 0 Å². The van der Waals surface area contributed by atoms with Crippen LogP contribution >= 0.6 is 0 Å². The summed E-state index contributed by atoms with van der Waals surface area (Å²) in [4.78, 5) is 0.296. The van der Waals surface area contributed by atoms with Gasteiger partial charge in [0.25, 0.3) is 0 Å². The highest BCUT2D eigenvalue weighted by Gasteiger charge is 2.37. The largest absolute Gasteiger partial charge is 0.377 e. The lowest BCUT2D eigenvalue weighted by molar-refractivity contribution is -0.0659. The average molecular weight is 312 g/mol. The van der Waals surface area contributed by atoms with Crippen molar-refractivity contribution in [2.24, 2.45) is 5.73 Å². The molecule has 0 spiro atoms. The minimum absolute atomic E-state index is 0.296. The van der Waals surface area contributed by atoms with E-state index in [0.29, 0.717) is 18.0 Å². The predicted octanol–water partition coefficient (Wildman–Crippen LogP) is 1.43. The summed E-state index contributed by atoms with van der Waals surface area (Å²) in [7, 11) is -1.83. The molecule has 1 aromatic carbocycles. The van der Waals surface area contributed by atoms with Gasteiger partial charge in [-0.2, -0.15) is 0 Å². The molecule has 0 heterocycles. The molecule has 0 amide bonds. The molecular formula is C15H24N2O3S. The van der Waals surface area contributed by atoms with E-state index in [1.807, 2.05) is 12.1 Å². The zero-order chi connectivity index (χ0) is 15.3. The number of sulfonamides is 1. The van der Waals surface area contributed by atoms with Gasteiger partial charge in [0.05, 0.1) is 10.5 Å². The van der Waals surface area contributed by atoms with Crippen molar-refractivity contribution in [1.29, 1.82) is 0 Å². The van der Waals surface area contributed by atoms with Gasteiger partial charge in [0.1, 0.15) is 0 Å². The standard InChI is InChI=1S/C15H24N2O3S/c1-20-15(9-3-10-15)12-17-21(18,19)14-7-5-13(6-8-14)4-2-11-16/h5-8,17H,2-4,9-12,16H2,1H3. The molecule has 0 aliphatic heterocycles. The molecule has 1 aromatic rings. The summed E-state index contributed by atoms with van der Waals surface area (Å²) in [6.45, 7) is 0.974. The van der Waals surface area contributed by atoms with Crippen LogP contribution in [0.5, 0.6) is 0 Å². The highest BCUT2D eigenvalue weighted by Crippen LogP contribution is 2.34. The normalized spacial score (nSPS) is 17.4. The topological polar surface area (TPSA) is 81.4 Å². The van der Waals surface area contributed by atoms with Crippen molar-refractivity contribution in [3.63, 3.8) is 0 Å². The lowest BCUT2D eigenvalue weighted by atomic mass is 9.80. The molecule has 0 unspecified atom stereocenters. The molecule has 1 aliphatic rings. The SMILES string of the molecule is COC1(CNS(=O)(=O)c2ccc(CCCN)cc2)CCC1. The lowest BCUT2D eigenvalue weighted by Crippen LogP contribution is -2.49. The number of hydrogen-bond acceptors (Lipinski definition) is 4. The summed E-state index contributed by atoms with van der Waals surface area (Å²) < 4.78 is 32.6. The molecule has 1 aliphatic carbocycles. The van der Waals surface area contributed by atoms with Gasteiger partial charge in [-0.15, -0.1) is 0 Å².